The van der Waals surface area contributed by atoms with Crippen LogP contribution in [0.25, 0.3) is 0 Å². The number of carbonyl (C=O) groups is 3. The normalized spacial score (nSPS) is 11.2. The van der Waals surface area contributed by atoms with Gasteiger partial charge in [0.25, 0.3) is 5.91 Å². The summed E-state index contributed by atoms with van der Waals surface area (Å²) in [5.74, 6) is -1.37. The first kappa shape index (κ1) is 17.3. The molecule has 1 aromatic carbocycles. The number of hydrogen-bond acceptors (Lipinski definition) is 5. The highest BCUT2D eigenvalue weighted by Crippen LogP contribution is 2.27. The van der Waals surface area contributed by atoms with Crippen molar-refractivity contribution < 1.29 is 29.0 Å². The van der Waals surface area contributed by atoms with Crippen LogP contribution in [-0.2, 0) is 9.59 Å². The van der Waals surface area contributed by atoms with Gasteiger partial charge in [-0.05, 0) is 25.1 Å². The highest BCUT2D eigenvalue weighted by atomic mass is 16.5. The number of rotatable bonds is 7. The first-order valence-electron chi connectivity index (χ1n) is 6.41. The van der Waals surface area contributed by atoms with E-state index in [0.717, 1.165) is 0 Å². The third kappa shape index (κ3) is 4.65. The number of carbonyl (C=O) groups excluding carboxylic acids is 2. The van der Waals surface area contributed by atoms with Crippen molar-refractivity contribution in [1.29, 1.82) is 0 Å². The molecule has 1 aromatic rings. The van der Waals surface area contributed by atoms with E-state index in [1.807, 2.05) is 0 Å². The first-order chi connectivity index (χ1) is 10.4. The molecule has 1 unspecified atom stereocenters. The predicted octanol–water partition coefficient (Wildman–Crippen LogP) is 0.0229. The molecule has 8 heteroatoms. The number of amides is 2. The second-order valence-corrected chi connectivity index (χ2v) is 4.38. The maximum atomic E-state index is 11.9. The van der Waals surface area contributed by atoms with E-state index in [1.165, 1.54) is 33.3 Å². The molecule has 0 aliphatic carbocycles. The molecule has 1 atom stereocenters. The van der Waals surface area contributed by atoms with Crippen LogP contribution in [0.4, 0.5) is 0 Å². The molecule has 0 aromatic heterocycles. The largest absolute Gasteiger partial charge is 0.493 e. The van der Waals surface area contributed by atoms with Crippen LogP contribution < -0.4 is 20.1 Å². The molecule has 0 saturated carbocycles. The van der Waals surface area contributed by atoms with Gasteiger partial charge < -0.3 is 25.2 Å². The Bertz CT molecular complexity index is 572. The second-order valence-electron chi connectivity index (χ2n) is 4.38. The summed E-state index contributed by atoms with van der Waals surface area (Å²) in [5, 5.41) is 13.3. The van der Waals surface area contributed by atoms with Gasteiger partial charge in [-0.15, -0.1) is 0 Å². The van der Waals surface area contributed by atoms with Crippen molar-refractivity contribution in [2.45, 2.75) is 13.0 Å². The van der Waals surface area contributed by atoms with Crippen molar-refractivity contribution in [2.75, 3.05) is 20.8 Å². The molecule has 0 aliphatic heterocycles. The smallest absolute Gasteiger partial charge is 0.325 e. The summed E-state index contributed by atoms with van der Waals surface area (Å²) in [5.41, 5.74) is 0.289. The molecule has 120 valence electrons. The molecular weight excluding hydrogens is 292 g/mol. The van der Waals surface area contributed by atoms with Crippen LogP contribution in [0.5, 0.6) is 11.5 Å². The van der Waals surface area contributed by atoms with Crippen molar-refractivity contribution >= 4 is 17.8 Å². The SMILES string of the molecule is COc1ccc(C(=O)NCC(=O)NC(C)C(=O)O)cc1OC. The van der Waals surface area contributed by atoms with E-state index in [4.69, 9.17) is 14.6 Å². The third-order valence-electron chi connectivity index (χ3n) is 2.80. The van der Waals surface area contributed by atoms with Gasteiger partial charge in [-0.3, -0.25) is 14.4 Å². The molecule has 0 spiro atoms. The zero-order chi connectivity index (χ0) is 16.7. The maximum absolute atomic E-state index is 11.9. The Hall–Kier alpha value is -2.77. The number of nitrogens with one attached hydrogen (secondary N) is 2. The van der Waals surface area contributed by atoms with E-state index in [9.17, 15) is 14.4 Å². The minimum atomic E-state index is -1.15. The summed E-state index contributed by atoms with van der Waals surface area (Å²) in [4.78, 5) is 34.0. The van der Waals surface area contributed by atoms with Crippen LogP contribution in [0.1, 0.15) is 17.3 Å². The highest BCUT2D eigenvalue weighted by Gasteiger charge is 2.15. The Morgan fingerprint density at radius 3 is 2.36 bits per heavy atom. The average Bonchev–Trinajstić information content (AvgIpc) is 2.51. The van der Waals surface area contributed by atoms with Crippen molar-refractivity contribution in [2.24, 2.45) is 0 Å². The number of ether oxygens (including phenoxy) is 2. The van der Waals surface area contributed by atoms with Gasteiger partial charge in [-0.1, -0.05) is 0 Å². The summed E-state index contributed by atoms with van der Waals surface area (Å²) < 4.78 is 10.1. The van der Waals surface area contributed by atoms with Gasteiger partial charge in [0.15, 0.2) is 11.5 Å². The molecule has 22 heavy (non-hydrogen) atoms. The van der Waals surface area contributed by atoms with Crippen molar-refractivity contribution in [3.63, 3.8) is 0 Å². The maximum Gasteiger partial charge on any atom is 0.325 e. The lowest BCUT2D eigenvalue weighted by Crippen LogP contribution is -2.44. The summed E-state index contributed by atoms with van der Waals surface area (Å²) >= 11 is 0. The fraction of sp³-hybridized carbons (Fsp3) is 0.357. The highest BCUT2D eigenvalue weighted by molar-refractivity contribution is 5.97. The van der Waals surface area contributed by atoms with Gasteiger partial charge in [0.2, 0.25) is 5.91 Å². The lowest BCUT2D eigenvalue weighted by molar-refractivity contribution is -0.141. The fourth-order valence-electron chi connectivity index (χ4n) is 1.59. The Kier molecular flexibility index (Phi) is 6.18. The van der Waals surface area contributed by atoms with E-state index in [2.05, 4.69) is 10.6 Å². The Labute approximate surface area is 127 Å². The summed E-state index contributed by atoms with van der Waals surface area (Å²) in [6.45, 7) is 1.00. The average molecular weight is 310 g/mol. The van der Waals surface area contributed by atoms with Crippen LogP contribution >= 0.6 is 0 Å². The molecular formula is C14H18N2O6. The van der Waals surface area contributed by atoms with Gasteiger partial charge in [0.05, 0.1) is 20.8 Å². The molecule has 8 nitrogen and oxygen atoms in total. The monoisotopic (exact) mass is 310 g/mol. The fourth-order valence-corrected chi connectivity index (χ4v) is 1.59. The second kappa shape index (κ2) is 7.87. The zero-order valence-corrected chi connectivity index (χ0v) is 12.5. The molecule has 3 N–H and O–H groups in total. The molecule has 0 heterocycles. The lowest BCUT2D eigenvalue weighted by atomic mass is 10.2. The van der Waals surface area contributed by atoms with Crippen molar-refractivity contribution in [3.05, 3.63) is 23.8 Å². The van der Waals surface area contributed by atoms with Crippen LogP contribution in [-0.4, -0.2) is 49.7 Å². The summed E-state index contributed by atoms with van der Waals surface area (Å²) in [6, 6.07) is 3.55. The van der Waals surface area contributed by atoms with Gasteiger partial charge >= 0.3 is 5.97 Å². The van der Waals surface area contributed by atoms with Gasteiger partial charge in [-0.2, -0.15) is 0 Å². The standard InChI is InChI=1S/C14H18N2O6/c1-8(14(19)20)16-12(17)7-15-13(18)9-4-5-10(21-2)11(6-9)22-3/h4-6,8H,7H2,1-3H3,(H,15,18)(H,16,17)(H,19,20). The zero-order valence-electron chi connectivity index (χ0n) is 12.5. The minimum absolute atomic E-state index is 0.289. The molecule has 0 bridgehead atoms. The molecule has 0 radical (unpaired) electrons. The molecule has 1 rings (SSSR count). The lowest BCUT2D eigenvalue weighted by Gasteiger charge is -2.11. The molecule has 0 saturated heterocycles. The number of aliphatic carboxylic acids is 1. The minimum Gasteiger partial charge on any atom is -0.493 e. The number of methoxy groups -OCH3 is 2. The van der Waals surface area contributed by atoms with E-state index in [0.29, 0.717) is 11.5 Å². The van der Waals surface area contributed by atoms with Gasteiger partial charge in [0, 0.05) is 5.56 Å². The number of carboxylic acid groups (broad SMARTS) is 1. The van der Waals surface area contributed by atoms with Crippen molar-refractivity contribution in [1.82, 2.24) is 10.6 Å². The van der Waals surface area contributed by atoms with Gasteiger partial charge in [-0.25, -0.2) is 0 Å². The molecule has 2 amide bonds. The van der Waals surface area contributed by atoms with Crippen LogP contribution in [0.15, 0.2) is 18.2 Å². The van der Waals surface area contributed by atoms with E-state index >= 15 is 0 Å². The molecule has 0 fully saturated rings. The predicted molar refractivity (Wildman–Crippen MR) is 77.1 cm³/mol. The summed E-state index contributed by atoms with van der Waals surface area (Å²) in [6.07, 6.45) is 0. The Morgan fingerprint density at radius 1 is 1.18 bits per heavy atom. The number of carboxylic acids is 1. The first-order valence-corrected chi connectivity index (χ1v) is 6.41. The van der Waals surface area contributed by atoms with Gasteiger partial charge in [0.1, 0.15) is 6.04 Å². The third-order valence-corrected chi connectivity index (χ3v) is 2.80. The van der Waals surface area contributed by atoms with Crippen LogP contribution in [0.3, 0.4) is 0 Å². The quantitative estimate of drug-likeness (QED) is 0.654. The van der Waals surface area contributed by atoms with E-state index < -0.39 is 23.8 Å². The topological polar surface area (TPSA) is 114 Å². The van der Waals surface area contributed by atoms with Crippen LogP contribution in [0.2, 0.25) is 0 Å². The number of benzene rings is 1. The van der Waals surface area contributed by atoms with E-state index in [1.54, 1.807) is 6.07 Å². The van der Waals surface area contributed by atoms with Crippen LogP contribution in [0, 0.1) is 0 Å². The summed E-state index contributed by atoms with van der Waals surface area (Å²) in [7, 11) is 2.92. The Balaban J connectivity index is 2.62. The Morgan fingerprint density at radius 2 is 1.82 bits per heavy atom. The van der Waals surface area contributed by atoms with Crippen molar-refractivity contribution in [3.8, 4) is 11.5 Å². The molecule has 0 aliphatic rings. The number of hydrogen-bond donors (Lipinski definition) is 3. The van der Waals surface area contributed by atoms with E-state index in [-0.39, 0.29) is 12.1 Å².